The molecule has 1 aliphatic rings. The second kappa shape index (κ2) is 6.48. The van der Waals surface area contributed by atoms with Gasteiger partial charge in [-0.1, -0.05) is 6.58 Å². The van der Waals surface area contributed by atoms with Crippen molar-refractivity contribution in [2.45, 2.75) is 0 Å². The van der Waals surface area contributed by atoms with Crippen molar-refractivity contribution < 1.29 is 19.1 Å². The highest BCUT2D eigenvalue weighted by atomic mass is 16.5. The normalized spacial score (nSPS) is 14.0. The van der Waals surface area contributed by atoms with Gasteiger partial charge < -0.3 is 26.0 Å². The number of carbonyl (C=O) groups is 3. The molecular weight excluding hydrogens is 240 g/mol. The van der Waals surface area contributed by atoms with Crippen molar-refractivity contribution in [2.24, 2.45) is 5.73 Å². The summed E-state index contributed by atoms with van der Waals surface area (Å²) in [6.07, 6.45) is 0. The van der Waals surface area contributed by atoms with Crippen LogP contribution >= 0.6 is 0 Å². The summed E-state index contributed by atoms with van der Waals surface area (Å²) in [5.74, 6) is -0.622. The van der Waals surface area contributed by atoms with E-state index in [4.69, 9.17) is 10.5 Å². The standard InChI is InChI=1S/C10H16N4O4/c1-7(6-13-9(11)16)8(15)18-5-4-14-3-2-12-10(14)17/h1-6H2,(H,12,17)(H3,11,13,16). The zero-order valence-corrected chi connectivity index (χ0v) is 9.90. The molecule has 18 heavy (non-hydrogen) atoms. The van der Waals surface area contributed by atoms with E-state index in [1.165, 1.54) is 4.90 Å². The number of nitrogens with two attached hydrogens (primary N) is 1. The minimum atomic E-state index is -0.738. The van der Waals surface area contributed by atoms with Crippen LogP contribution in [-0.4, -0.2) is 55.7 Å². The van der Waals surface area contributed by atoms with Crippen LogP contribution in [0.1, 0.15) is 0 Å². The van der Waals surface area contributed by atoms with E-state index < -0.39 is 12.0 Å². The average molecular weight is 256 g/mol. The van der Waals surface area contributed by atoms with Crippen LogP contribution in [0.5, 0.6) is 0 Å². The number of ether oxygens (including phenoxy) is 1. The highest BCUT2D eigenvalue weighted by Gasteiger charge is 2.19. The molecule has 0 saturated carbocycles. The van der Waals surface area contributed by atoms with Gasteiger partial charge in [0.1, 0.15) is 6.61 Å². The van der Waals surface area contributed by atoms with E-state index in [9.17, 15) is 14.4 Å². The maximum Gasteiger partial charge on any atom is 0.335 e. The molecule has 0 aromatic carbocycles. The molecule has 8 heteroatoms. The molecule has 1 rings (SSSR count). The molecule has 0 atom stereocenters. The molecule has 0 aromatic rings. The van der Waals surface area contributed by atoms with Crippen molar-refractivity contribution in [3.8, 4) is 0 Å². The average Bonchev–Trinajstić information content (AvgIpc) is 2.72. The first-order valence-electron chi connectivity index (χ1n) is 5.41. The molecule has 1 aliphatic heterocycles. The first kappa shape index (κ1) is 13.8. The Labute approximate surface area is 104 Å². The highest BCUT2D eigenvalue weighted by Crippen LogP contribution is 1.98. The number of nitrogens with zero attached hydrogens (tertiary/aromatic N) is 1. The number of rotatable bonds is 6. The quantitative estimate of drug-likeness (QED) is 0.408. The molecule has 100 valence electrons. The molecule has 0 aliphatic carbocycles. The number of nitrogens with one attached hydrogen (secondary N) is 2. The fourth-order valence-electron chi connectivity index (χ4n) is 1.34. The molecule has 0 radical (unpaired) electrons. The van der Waals surface area contributed by atoms with Gasteiger partial charge in [0.15, 0.2) is 0 Å². The van der Waals surface area contributed by atoms with Gasteiger partial charge in [0, 0.05) is 18.7 Å². The van der Waals surface area contributed by atoms with Gasteiger partial charge in [0.05, 0.1) is 13.1 Å². The predicted molar refractivity (Wildman–Crippen MR) is 62.7 cm³/mol. The van der Waals surface area contributed by atoms with E-state index in [-0.39, 0.29) is 24.8 Å². The van der Waals surface area contributed by atoms with Crippen LogP contribution in [-0.2, 0) is 9.53 Å². The van der Waals surface area contributed by atoms with Gasteiger partial charge in [0.25, 0.3) is 0 Å². The number of hydrogen-bond acceptors (Lipinski definition) is 4. The van der Waals surface area contributed by atoms with Gasteiger partial charge >= 0.3 is 18.0 Å². The minimum Gasteiger partial charge on any atom is -0.460 e. The maximum absolute atomic E-state index is 11.4. The van der Waals surface area contributed by atoms with Crippen molar-refractivity contribution in [3.05, 3.63) is 12.2 Å². The van der Waals surface area contributed by atoms with Gasteiger partial charge in [-0.15, -0.1) is 0 Å². The Morgan fingerprint density at radius 3 is 2.83 bits per heavy atom. The summed E-state index contributed by atoms with van der Waals surface area (Å²) in [7, 11) is 0. The van der Waals surface area contributed by atoms with Crippen LogP contribution in [0.4, 0.5) is 9.59 Å². The second-order valence-electron chi connectivity index (χ2n) is 3.68. The van der Waals surface area contributed by atoms with Gasteiger partial charge in [-0.3, -0.25) is 0 Å². The number of hydrogen-bond donors (Lipinski definition) is 3. The summed E-state index contributed by atoms with van der Waals surface area (Å²) >= 11 is 0. The number of esters is 1. The Morgan fingerprint density at radius 1 is 1.56 bits per heavy atom. The SMILES string of the molecule is C=C(CNC(N)=O)C(=O)OCCN1CCNC1=O. The molecule has 1 heterocycles. The predicted octanol–water partition coefficient (Wildman–Crippen LogP) is -1.22. The van der Waals surface area contributed by atoms with E-state index in [1.54, 1.807) is 0 Å². The van der Waals surface area contributed by atoms with Crippen molar-refractivity contribution in [1.82, 2.24) is 15.5 Å². The maximum atomic E-state index is 11.4. The van der Waals surface area contributed by atoms with E-state index in [2.05, 4.69) is 17.2 Å². The Morgan fingerprint density at radius 2 is 2.28 bits per heavy atom. The highest BCUT2D eigenvalue weighted by molar-refractivity contribution is 5.89. The Bertz CT molecular complexity index is 369. The zero-order valence-electron chi connectivity index (χ0n) is 9.90. The molecule has 1 saturated heterocycles. The lowest BCUT2D eigenvalue weighted by molar-refractivity contribution is -0.139. The van der Waals surface area contributed by atoms with E-state index in [0.717, 1.165) is 0 Å². The number of primary amides is 1. The Hall–Kier alpha value is -2.25. The second-order valence-corrected chi connectivity index (χ2v) is 3.68. The van der Waals surface area contributed by atoms with Crippen LogP contribution < -0.4 is 16.4 Å². The van der Waals surface area contributed by atoms with Gasteiger partial charge in [0.2, 0.25) is 0 Å². The summed E-state index contributed by atoms with van der Waals surface area (Å²) in [6, 6.07) is -0.905. The summed E-state index contributed by atoms with van der Waals surface area (Å²) in [5.41, 5.74) is 4.94. The van der Waals surface area contributed by atoms with E-state index in [0.29, 0.717) is 19.6 Å². The van der Waals surface area contributed by atoms with Gasteiger partial charge in [-0.2, -0.15) is 0 Å². The van der Waals surface area contributed by atoms with Crippen LogP contribution in [0.3, 0.4) is 0 Å². The molecule has 0 aromatic heterocycles. The lowest BCUT2D eigenvalue weighted by Crippen LogP contribution is -2.34. The van der Waals surface area contributed by atoms with Gasteiger partial charge in [-0.05, 0) is 0 Å². The largest absolute Gasteiger partial charge is 0.460 e. The van der Waals surface area contributed by atoms with Crippen LogP contribution in [0.25, 0.3) is 0 Å². The third-order valence-corrected chi connectivity index (χ3v) is 2.30. The molecule has 0 unspecified atom stereocenters. The Balaban J connectivity index is 2.18. The van der Waals surface area contributed by atoms with Crippen LogP contribution in [0.15, 0.2) is 12.2 Å². The summed E-state index contributed by atoms with van der Waals surface area (Å²) in [6.45, 7) is 5.01. The molecule has 1 fully saturated rings. The fourth-order valence-corrected chi connectivity index (χ4v) is 1.34. The van der Waals surface area contributed by atoms with Crippen LogP contribution in [0, 0.1) is 0 Å². The first-order valence-corrected chi connectivity index (χ1v) is 5.41. The fraction of sp³-hybridized carbons (Fsp3) is 0.500. The molecule has 0 bridgehead atoms. The van der Waals surface area contributed by atoms with Crippen molar-refractivity contribution >= 4 is 18.0 Å². The van der Waals surface area contributed by atoms with Crippen LogP contribution in [0.2, 0.25) is 0 Å². The van der Waals surface area contributed by atoms with Crippen molar-refractivity contribution in [3.63, 3.8) is 0 Å². The molecule has 4 N–H and O–H groups in total. The summed E-state index contributed by atoms with van der Waals surface area (Å²) in [4.78, 5) is 34.5. The topological polar surface area (TPSA) is 114 Å². The lowest BCUT2D eigenvalue weighted by atomic mass is 10.3. The molecule has 0 spiro atoms. The first-order chi connectivity index (χ1) is 8.50. The van der Waals surface area contributed by atoms with Crippen molar-refractivity contribution in [2.75, 3.05) is 32.8 Å². The number of carbonyl (C=O) groups excluding carboxylic acids is 3. The third kappa shape index (κ3) is 4.32. The number of amides is 4. The van der Waals surface area contributed by atoms with Crippen molar-refractivity contribution in [1.29, 1.82) is 0 Å². The van der Waals surface area contributed by atoms with E-state index in [1.807, 2.05) is 0 Å². The monoisotopic (exact) mass is 256 g/mol. The lowest BCUT2D eigenvalue weighted by Gasteiger charge is -2.14. The molecule has 8 nitrogen and oxygen atoms in total. The van der Waals surface area contributed by atoms with E-state index >= 15 is 0 Å². The Kier molecular flexibility index (Phi) is 4.97. The molecular formula is C10H16N4O4. The number of urea groups is 2. The molecule has 4 amide bonds. The summed E-state index contributed by atoms with van der Waals surface area (Å²) in [5, 5.41) is 4.86. The summed E-state index contributed by atoms with van der Waals surface area (Å²) < 4.78 is 4.89. The van der Waals surface area contributed by atoms with Gasteiger partial charge in [-0.25, -0.2) is 14.4 Å². The zero-order chi connectivity index (χ0) is 13.5. The minimum absolute atomic E-state index is 0.0572. The third-order valence-electron chi connectivity index (χ3n) is 2.30. The smallest absolute Gasteiger partial charge is 0.335 e.